The van der Waals surface area contributed by atoms with Crippen molar-refractivity contribution in [2.75, 3.05) is 6.61 Å². The molecule has 0 aliphatic rings. The van der Waals surface area contributed by atoms with Crippen LogP contribution in [0.5, 0.6) is 0 Å². The number of hydrogen-bond acceptors (Lipinski definition) is 3. The van der Waals surface area contributed by atoms with E-state index in [-0.39, 0.29) is 5.97 Å². The van der Waals surface area contributed by atoms with Gasteiger partial charge in [0.05, 0.1) is 18.3 Å². The molecule has 0 aromatic carbocycles. The van der Waals surface area contributed by atoms with E-state index in [0.29, 0.717) is 6.61 Å². The van der Waals surface area contributed by atoms with Gasteiger partial charge in [0.2, 0.25) is 0 Å². The molecule has 0 radical (unpaired) electrons. The highest BCUT2D eigenvalue weighted by Gasteiger charge is 2.28. The van der Waals surface area contributed by atoms with E-state index in [1.807, 2.05) is 31.5 Å². The normalized spacial score (nSPS) is 11.4. The fourth-order valence-electron chi connectivity index (χ4n) is 1.26. The number of carbonyl (C=O) groups excluding carboxylic acids is 1. The number of rotatable bonds is 5. The number of carbonyl (C=O) groups is 1. The summed E-state index contributed by atoms with van der Waals surface area (Å²) in [4.78, 5) is 15.5. The van der Waals surface area contributed by atoms with Crippen LogP contribution in [-0.4, -0.2) is 22.1 Å². The van der Waals surface area contributed by atoms with E-state index >= 15 is 0 Å². The Morgan fingerprint density at radius 1 is 1.53 bits per heavy atom. The fourth-order valence-corrected chi connectivity index (χ4v) is 1.26. The van der Waals surface area contributed by atoms with Gasteiger partial charge < -0.3 is 9.30 Å². The molecular formula is C11H18N2O2. The molecule has 1 rings (SSSR count). The van der Waals surface area contributed by atoms with E-state index < -0.39 is 5.41 Å². The monoisotopic (exact) mass is 210 g/mol. The summed E-state index contributed by atoms with van der Waals surface area (Å²) in [6.07, 6.45) is 6.13. The van der Waals surface area contributed by atoms with Gasteiger partial charge in [-0.15, -0.1) is 0 Å². The van der Waals surface area contributed by atoms with Gasteiger partial charge in [0.1, 0.15) is 0 Å². The second kappa shape index (κ2) is 4.96. The van der Waals surface area contributed by atoms with Crippen LogP contribution < -0.4 is 0 Å². The first kappa shape index (κ1) is 11.8. The predicted octanol–water partition coefficient (Wildman–Crippen LogP) is 1.86. The van der Waals surface area contributed by atoms with Crippen LogP contribution in [-0.2, 0) is 16.1 Å². The number of nitrogens with zero attached hydrogens (tertiary/aromatic N) is 2. The molecule has 0 atom stereocenters. The van der Waals surface area contributed by atoms with Gasteiger partial charge in [0.25, 0.3) is 0 Å². The van der Waals surface area contributed by atoms with Crippen LogP contribution in [0.25, 0.3) is 0 Å². The molecule has 0 unspecified atom stereocenters. The maximum absolute atomic E-state index is 11.6. The Morgan fingerprint density at radius 3 is 2.80 bits per heavy atom. The minimum Gasteiger partial charge on any atom is -0.466 e. The molecule has 1 aromatic heterocycles. The second-order valence-electron chi connectivity index (χ2n) is 4.15. The number of ether oxygens (including phenoxy) is 1. The molecule has 0 aliphatic carbocycles. The Hall–Kier alpha value is -1.32. The van der Waals surface area contributed by atoms with Crippen LogP contribution in [0.1, 0.15) is 27.2 Å². The summed E-state index contributed by atoms with van der Waals surface area (Å²) < 4.78 is 6.97. The van der Waals surface area contributed by atoms with Crippen molar-refractivity contribution in [2.24, 2.45) is 5.41 Å². The molecule has 1 heterocycles. The zero-order valence-corrected chi connectivity index (χ0v) is 9.56. The summed E-state index contributed by atoms with van der Waals surface area (Å²) in [6.45, 7) is 6.85. The van der Waals surface area contributed by atoms with Crippen LogP contribution in [0.4, 0.5) is 0 Å². The van der Waals surface area contributed by atoms with Crippen LogP contribution in [0.3, 0.4) is 0 Å². The minimum atomic E-state index is -0.430. The van der Waals surface area contributed by atoms with Crippen molar-refractivity contribution in [1.82, 2.24) is 9.55 Å². The summed E-state index contributed by atoms with van der Waals surface area (Å²) >= 11 is 0. The van der Waals surface area contributed by atoms with Crippen molar-refractivity contribution < 1.29 is 9.53 Å². The van der Waals surface area contributed by atoms with Gasteiger partial charge in [-0.2, -0.15) is 0 Å². The predicted molar refractivity (Wildman–Crippen MR) is 57.3 cm³/mol. The second-order valence-corrected chi connectivity index (χ2v) is 4.15. The highest BCUT2D eigenvalue weighted by atomic mass is 16.5. The van der Waals surface area contributed by atoms with E-state index in [1.165, 1.54) is 0 Å². The molecule has 0 amide bonds. The van der Waals surface area contributed by atoms with Crippen molar-refractivity contribution in [2.45, 2.75) is 33.7 Å². The maximum Gasteiger partial charge on any atom is 0.311 e. The lowest BCUT2D eigenvalue weighted by Gasteiger charge is -2.22. The van der Waals surface area contributed by atoms with Gasteiger partial charge in [0.15, 0.2) is 0 Å². The third-order valence-electron chi connectivity index (χ3n) is 2.38. The number of aryl methyl sites for hydroxylation is 1. The topological polar surface area (TPSA) is 44.1 Å². The van der Waals surface area contributed by atoms with Gasteiger partial charge in [-0.05, 0) is 27.2 Å². The molecular weight excluding hydrogens is 192 g/mol. The highest BCUT2D eigenvalue weighted by molar-refractivity contribution is 5.75. The zero-order chi connectivity index (χ0) is 11.3. The average Bonchev–Trinajstić information content (AvgIpc) is 2.68. The van der Waals surface area contributed by atoms with Crippen molar-refractivity contribution >= 4 is 5.97 Å². The first-order chi connectivity index (χ1) is 7.06. The Balaban J connectivity index is 2.45. The number of hydrogen-bond donors (Lipinski definition) is 0. The standard InChI is InChI=1S/C11H18N2O2/c1-4-15-10(14)11(2,3)5-7-13-8-6-12-9-13/h6,8-9H,4-5,7H2,1-3H3. The van der Waals surface area contributed by atoms with Gasteiger partial charge in [-0.25, -0.2) is 4.98 Å². The quantitative estimate of drug-likeness (QED) is 0.697. The van der Waals surface area contributed by atoms with Crippen LogP contribution in [0.2, 0.25) is 0 Å². The van der Waals surface area contributed by atoms with E-state index in [4.69, 9.17) is 4.74 Å². The van der Waals surface area contributed by atoms with Gasteiger partial charge in [-0.3, -0.25) is 4.79 Å². The van der Waals surface area contributed by atoms with Crippen molar-refractivity contribution in [1.29, 1.82) is 0 Å². The lowest BCUT2D eigenvalue weighted by atomic mass is 9.89. The molecule has 4 nitrogen and oxygen atoms in total. The summed E-state index contributed by atoms with van der Waals surface area (Å²) in [5, 5.41) is 0. The molecule has 0 bridgehead atoms. The SMILES string of the molecule is CCOC(=O)C(C)(C)CCn1ccnc1. The van der Waals surface area contributed by atoms with Crippen molar-refractivity contribution in [3.8, 4) is 0 Å². The van der Waals surface area contributed by atoms with Crippen LogP contribution in [0.15, 0.2) is 18.7 Å². The van der Waals surface area contributed by atoms with Crippen LogP contribution >= 0.6 is 0 Å². The Labute approximate surface area is 90.3 Å². The van der Waals surface area contributed by atoms with E-state index in [0.717, 1.165) is 13.0 Å². The third kappa shape index (κ3) is 3.38. The molecule has 0 saturated carbocycles. The molecule has 0 aliphatic heterocycles. The largest absolute Gasteiger partial charge is 0.466 e. The number of esters is 1. The van der Waals surface area contributed by atoms with E-state index in [2.05, 4.69) is 4.98 Å². The average molecular weight is 210 g/mol. The van der Waals surface area contributed by atoms with Crippen molar-refractivity contribution in [3.63, 3.8) is 0 Å². The Morgan fingerprint density at radius 2 is 2.27 bits per heavy atom. The molecule has 4 heteroatoms. The molecule has 15 heavy (non-hydrogen) atoms. The minimum absolute atomic E-state index is 0.134. The third-order valence-corrected chi connectivity index (χ3v) is 2.38. The van der Waals surface area contributed by atoms with Gasteiger partial charge >= 0.3 is 5.97 Å². The van der Waals surface area contributed by atoms with Crippen molar-refractivity contribution in [3.05, 3.63) is 18.7 Å². The number of aromatic nitrogens is 2. The van der Waals surface area contributed by atoms with E-state index in [9.17, 15) is 4.79 Å². The summed E-state index contributed by atoms with van der Waals surface area (Å²) in [5.41, 5.74) is -0.430. The molecule has 0 saturated heterocycles. The number of imidazole rings is 1. The first-order valence-electron chi connectivity index (χ1n) is 5.19. The fraction of sp³-hybridized carbons (Fsp3) is 0.636. The summed E-state index contributed by atoms with van der Waals surface area (Å²) in [6, 6.07) is 0. The Kier molecular flexibility index (Phi) is 3.88. The smallest absolute Gasteiger partial charge is 0.311 e. The molecule has 0 fully saturated rings. The summed E-state index contributed by atoms with van der Waals surface area (Å²) in [7, 11) is 0. The summed E-state index contributed by atoms with van der Waals surface area (Å²) in [5.74, 6) is -0.134. The highest BCUT2D eigenvalue weighted by Crippen LogP contribution is 2.23. The maximum atomic E-state index is 11.6. The van der Waals surface area contributed by atoms with Gasteiger partial charge in [0, 0.05) is 18.9 Å². The lowest BCUT2D eigenvalue weighted by Crippen LogP contribution is -2.28. The Bertz CT molecular complexity index is 304. The molecule has 1 aromatic rings. The van der Waals surface area contributed by atoms with E-state index in [1.54, 1.807) is 12.5 Å². The molecule has 84 valence electrons. The zero-order valence-electron chi connectivity index (χ0n) is 9.56. The lowest BCUT2D eigenvalue weighted by molar-refractivity contribution is -0.153. The molecule has 0 N–H and O–H groups in total. The molecule has 0 spiro atoms. The van der Waals surface area contributed by atoms with Crippen LogP contribution in [0, 0.1) is 5.41 Å². The van der Waals surface area contributed by atoms with Gasteiger partial charge in [-0.1, -0.05) is 0 Å². The first-order valence-corrected chi connectivity index (χ1v) is 5.19.